The number of amides is 2. The van der Waals surface area contributed by atoms with Crippen LogP contribution in [-0.4, -0.2) is 42.6 Å². The van der Waals surface area contributed by atoms with E-state index in [1.165, 1.54) is 28.6 Å². The number of sulfonamides is 1. The minimum absolute atomic E-state index is 0.140. The Hall–Kier alpha value is -2.88. The molecule has 0 aliphatic carbocycles. The predicted molar refractivity (Wildman–Crippen MR) is 113 cm³/mol. The van der Waals surface area contributed by atoms with Gasteiger partial charge in [0.15, 0.2) is 0 Å². The van der Waals surface area contributed by atoms with Crippen molar-refractivity contribution in [2.24, 2.45) is 0 Å². The molecule has 0 bridgehead atoms. The summed E-state index contributed by atoms with van der Waals surface area (Å²) in [5.74, 6) is -1.09. The van der Waals surface area contributed by atoms with Crippen molar-refractivity contribution in [3.05, 3.63) is 64.8 Å². The predicted octanol–water partition coefficient (Wildman–Crippen LogP) is 2.68. The first-order chi connectivity index (χ1) is 14.3. The van der Waals surface area contributed by atoms with Crippen LogP contribution < -0.4 is 10.9 Å². The molecule has 2 heterocycles. The van der Waals surface area contributed by atoms with Crippen molar-refractivity contribution in [3.8, 4) is 0 Å². The van der Waals surface area contributed by atoms with Gasteiger partial charge in [-0.25, -0.2) is 8.42 Å². The molecule has 4 rings (SSSR count). The van der Waals surface area contributed by atoms with Gasteiger partial charge < -0.3 is 4.98 Å². The van der Waals surface area contributed by atoms with Crippen molar-refractivity contribution in [2.75, 3.05) is 13.1 Å². The maximum Gasteiger partial charge on any atom is 0.286 e. The summed E-state index contributed by atoms with van der Waals surface area (Å²) in [6.45, 7) is 1.02. The molecule has 0 spiro atoms. The van der Waals surface area contributed by atoms with Crippen molar-refractivity contribution >= 4 is 44.3 Å². The average Bonchev–Trinajstić information content (AvgIpc) is 3.42. The Morgan fingerprint density at radius 1 is 0.933 bits per heavy atom. The van der Waals surface area contributed by atoms with Gasteiger partial charge in [0.25, 0.3) is 11.8 Å². The highest BCUT2D eigenvalue weighted by molar-refractivity contribution is 7.89. The van der Waals surface area contributed by atoms with Gasteiger partial charge in [-0.3, -0.25) is 20.4 Å². The molecule has 0 saturated carbocycles. The van der Waals surface area contributed by atoms with Gasteiger partial charge >= 0.3 is 0 Å². The topological polar surface area (TPSA) is 111 Å². The highest BCUT2D eigenvalue weighted by atomic mass is 35.5. The van der Waals surface area contributed by atoms with Crippen LogP contribution in [0, 0.1) is 0 Å². The summed E-state index contributed by atoms with van der Waals surface area (Å²) >= 11 is 5.94. The van der Waals surface area contributed by atoms with Gasteiger partial charge in [-0.2, -0.15) is 4.31 Å². The Labute approximate surface area is 178 Å². The third-order valence-corrected chi connectivity index (χ3v) is 7.08. The Balaban J connectivity index is 1.40. The van der Waals surface area contributed by atoms with E-state index in [1.54, 1.807) is 24.3 Å². The molecule has 0 unspecified atom stereocenters. The number of benzene rings is 2. The standard InChI is InChI=1S/C20H19ClN4O4S/c21-15-5-8-17-14(11-15)12-18(22-17)20(27)24-23-19(26)13-3-6-16(7-4-13)30(28,29)25-9-1-2-10-25/h3-8,11-12,22H,1-2,9-10H2,(H,23,26)(H,24,27). The van der Waals surface area contributed by atoms with Crippen LogP contribution in [0.3, 0.4) is 0 Å². The summed E-state index contributed by atoms with van der Waals surface area (Å²) in [7, 11) is -3.54. The number of hydrogen-bond donors (Lipinski definition) is 3. The largest absolute Gasteiger partial charge is 0.350 e. The Bertz CT molecular complexity index is 1220. The van der Waals surface area contributed by atoms with Crippen LogP contribution in [0.2, 0.25) is 5.02 Å². The minimum atomic E-state index is -3.54. The van der Waals surface area contributed by atoms with Crippen molar-refractivity contribution in [1.82, 2.24) is 20.1 Å². The lowest BCUT2D eigenvalue weighted by molar-refractivity contribution is 0.0844. The second-order valence-corrected chi connectivity index (χ2v) is 9.33. The summed E-state index contributed by atoms with van der Waals surface area (Å²) in [5, 5.41) is 1.32. The van der Waals surface area contributed by atoms with E-state index in [0.717, 1.165) is 23.7 Å². The number of hydrogen-bond acceptors (Lipinski definition) is 4. The first-order valence-electron chi connectivity index (χ1n) is 9.34. The number of H-pyrrole nitrogens is 1. The van der Waals surface area contributed by atoms with Crippen molar-refractivity contribution < 1.29 is 18.0 Å². The summed E-state index contributed by atoms with van der Waals surface area (Å²) in [6.07, 6.45) is 1.70. The lowest BCUT2D eigenvalue weighted by atomic mass is 10.2. The lowest BCUT2D eigenvalue weighted by Crippen LogP contribution is -2.41. The Morgan fingerprint density at radius 2 is 1.60 bits per heavy atom. The van der Waals surface area contributed by atoms with Crippen molar-refractivity contribution in [1.29, 1.82) is 0 Å². The number of hydrazine groups is 1. The smallest absolute Gasteiger partial charge is 0.286 e. The van der Waals surface area contributed by atoms with Crippen molar-refractivity contribution in [2.45, 2.75) is 17.7 Å². The van der Waals surface area contributed by atoms with Gasteiger partial charge in [-0.05, 0) is 61.4 Å². The fourth-order valence-electron chi connectivity index (χ4n) is 3.33. The highest BCUT2D eigenvalue weighted by Gasteiger charge is 2.27. The third-order valence-electron chi connectivity index (χ3n) is 4.94. The molecule has 1 saturated heterocycles. The number of halogens is 1. The maximum absolute atomic E-state index is 12.5. The number of nitrogens with one attached hydrogen (secondary N) is 3. The number of fused-ring (bicyclic) bond motifs is 1. The fourth-order valence-corrected chi connectivity index (χ4v) is 5.03. The van der Waals surface area contributed by atoms with Crippen LogP contribution in [0.25, 0.3) is 10.9 Å². The summed E-state index contributed by atoms with van der Waals surface area (Å²) in [4.78, 5) is 27.7. The zero-order valence-electron chi connectivity index (χ0n) is 15.8. The molecule has 3 N–H and O–H groups in total. The zero-order chi connectivity index (χ0) is 21.3. The minimum Gasteiger partial charge on any atom is -0.350 e. The van der Waals surface area contributed by atoms with Gasteiger partial charge in [0.2, 0.25) is 10.0 Å². The summed E-state index contributed by atoms with van der Waals surface area (Å²) in [6, 6.07) is 12.4. The molecule has 8 nitrogen and oxygen atoms in total. The number of carbonyl (C=O) groups excluding carboxylic acids is 2. The SMILES string of the molecule is O=C(NNC(=O)c1cc2cc(Cl)ccc2[nH]1)c1ccc(S(=O)(=O)N2CCCC2)cc1. The van der Waals surface area contributed by atoms with E-state index in [0.29, 0.717) is 18.1 Å². The fraction of sp³-hybridized carbons (Fsp3) is 0.200. The van der Waals surface area contributed by atoms with E-state index in [1.807, 2.05) is 0 Å². The number of nitrogens with zero attached hydrogens (tertiary/aromatic N) is 1. The van der Waals surface area contributed by atoms with Crippen LogP contribution in [0.5, 0.6) is 0 Å². The molecule has 1 aliphatic rings. The molecule has 1 aromatic heterocycles. The van der Waals surface area contributed by atoms with E-state index in [4.69, 9.17) is 11.6 Å². The van der Waals surface area contributed by atoms with E-state index in [2.05, 4.69) is 15.8 Å². The number of aromatic nitrogens is 1. The molecule has 10 heteroatoms. The van der Waals surface area contributed by atoms with Gasteiger partial charge in [0.05, 0.1) is 4.90 Å². The maximum atomic E-state index is 12.5. The molecule has 2 amide bonds. The molecular formula is C20H19ClN4O4S. The van der Waals surface area contributed by atoms with E-state index in [-0.39, 0.29) is 16.2 Å². The Kier molecular flexibility index (Phi) is 5.50. The molecule has 156 valence electrons. The molecule has 1 aliphatic heterocycles. The van der Waals surface area contributed by atoms with E-state index in [9.17, 15) is 18.0 Å². The quantitative estimate of drug-likeness (QED) is 0.535. The normalized spacial score (nSPS) is 14.7. The number of rotatable bonds is 4. The Morgan fingerprint density at radius 3 is 2.30 bits per heavy atom. The molecule has 30 heavy (non-hydrogen) atoms. The van der Waals surface area contributed by atoms with Gasteiger partial charge in [-0.15, -0.1) is 0 Å². The molecule has 2 aromatic carbocycles. The van der Waals surface area contributed by atoms with Gasteiger partial charge in [-0.1, -0.05) is 11.6 Å². The molecule has 0 atom stereocenters. The van der Waals surface area contributed by atoms with E-state index < -0.39 is 21.8 Å². The highest BCUT2D eigenvalue weighted by Crippen LogP contribution is 2.21. The molecular weight excluding hydrogens is 428 g/mol. The van der Waals surface area contributed by atoms with Crippen molar-refractivity contribution in [3.63, 3.8) is 0 Å². The first kappa shape index (κ1) is 20.4. The van der Waals surface area contributed by atoms with Crippen LogP contribution >= 0.6 is 11.6 Å². The number of aromatic amines is 1. The van der Waals surface area contributed by atoms with Gasteiger partial charge in [0, 0.05) is 34.6 Å². The summed E-state index contributed by atoms with van der Waals surface area (Å²) < 4.78 is 26.5. The van der Waals surface area contributed by atoms with Crippen LogP contribution in [0.1, 0.15) is 33.7 Å². The first-order valence-corrected chi connectivity index (χ1v) is 11.2. The second kappa shape index (κ2) is 8.10. The van der Waals surface area contributed by atoms with E-state index >= 15 is 0 Å². The molecule has 1 fully saturated rings. The second-order valence-electron chi connectivity index (χ2n) is 6.96. The third kappa shape index (κ3) is 4.04. The average molecular weight is 447 g/mol. The van der Waals surface area contributed by atoms with Crippen LogP contribution in [0.4, 0.5) is 0 Å². The van der Waals surface area contributed by atoms with Gasteiger partial charge in [0.1, 0.15) is 5.69 Å². The van der Waals surface area contributed by atoms with Crippen LogP contribution in [-0.2, 0) is 10.0 Å². The molecule has 0 radical (unpaired) electrons. The number of carbonyl (C=O) groups is 2. The monoisotopic (exact) mass is 446 g/mol. The zero-order valence-corrected chi connectivity index (χ0v) is 17.4. The lowest BCUT2D eigenvalue weighted by Gasteiger charge is -2.15. The molecule has 3 aromatic rings. The summed E-state index contributed by atoms with van der Waals surface area (Å²) in [5.41, 5.74) is 5.88. The van der Waals surface area contributed by atoms with Crippen LogP contribution in [0.15, 0.2) is 53.4 Å².